The molecule has 0 aliphatic carbocycles. The zero-order valence-electron chi connectivity index (χ0n) is 9.41. The van der Waals surface area contributed by atoms with Gasteiger partial charge in [0.25, 0.3) is 0 Å². The molecule has 0 spiro atoms. The van der Waals surface area contributed by atoms with Crippen molar-refractivity contribution in [3.8, 4) is 5.75 Å². The first-order valence-corrected chi connectivity index (χ1v) is 5.13. The Labute approximate surface area is 90.4 Å². The van der Waals surface area contributed by atoms with Crippen molar-refractivity contribution < 1.29 is 9.53 Å². The molecule has 0 aliphatic rings. The van der Waals surface area contributed by atoms with E-state index in [1.165, 1.54) is 0 Å². The van der Waals surface area contributed by atoms with Crippen LogP contribution < -0.4 is 10.1 Å². The highest BCUT2D eigenvalue weighted by molar-refractivity contribution is 5.93. The molecule has 0 bridgehead atoms. The maximum absolute atomic E-state index is 11.6. The third-order valence-electron chi connectivity index (χ3n) is 2.42. The molecule has 0 aromatic heterocycles. The number of hydrogen-bond acceptors (Lipinski definition) is 2. The normalized spacial score (nSPS) is 11.9. The second kappa shape index (κ2) is 5.39. The van der Waals surface area contributed by atoms with Crippen LogP contribution >= 0.6 is 0 Å². The van der Waals surface area contributed by atoms with Crippen LogP contribution in [0.5, 0.6) is 5.75 Å². The van der Waals surface area contributed by atoms with Gasteiger partial charge in [-0.3, -0.25) is 4.79 Å². The number of ether oxygens (including phenoxy) is 1. The second-order valence-corrected chi connectivity index (χ2v) is 3.50. The highest BCUT2D eigenvalue weighted by Crippen LogP contribution is 2.23. The van der Waals surface area contributed by atoms with Crippen LogP contribution in [0, 0.1) is 5.92 Å². The molecule has 3 nitrogen and oxygen atoms in total. The lowest BCUT2D eigenvalue weighted by atomic mass is 10.1. The number of methoxy groups -OCH3 is 1. The van der Waals surface area contributed by atoms with Crippen molar-refractivity contribution in [1.82, 2.24) is 0 Å². The van der Waals surface area contributed by atoms with Gasteiger partial charge >= 0.3 is 0 Å². The summed E-state index contributed by atoms with van der Waals surface area (Å²) in [7, 11) is 1.59. The third kappa shape index (κ3) is 2.98. The summed E-state index contributed by atoms with van der Waals surface area (Å²) in [4.78, 5) is 11.6. The van der Waals surface area contributed by atoms with Crippen molar-refractivity contribution in [2.75, 3.05) is 12.4 Å². The smallest absolute Gasteiger partial charge is 0.227 e. The van der Waals surface area contributed by atoms with Gasteiger partial charge in [-0.25, -0.2) is 0 Å². The summed E-state index contributed by atoms with van der Waals surface area (Å²) in [5, 5.41) is 2.85. The monoisotopic (exact) mass is 207 g/mol. The first-order valence-electron chi connectivity index (χ1n) is 5.13. The van der Waals surface area contributed by atoms with Crippen molar-refractivity contribution in [3.05, 3.63) is 24.3 Å². The van der Waals surface area contributed by atoms with Crippen LogP contribution in [0.4, 0.5) is 5.69 Å². The van der Waals surface area contributed by atoms with Crippen LogP contribution in [0.25, 0.3) is 0 Å². The van der Waals surface area contributed by atoms with E-state index < -0.39 is 0 Å². The Morgan fingerprint density at radius 3 is 2.73 bits per heavy atom. The van der Waals surface area contributed by atoms with Crippen LogP contribution in [-0.4, -0.2) is 13.0 Å². The number of benzene rings is 1. The van der Waals surface area contributed by atoms with Gasteiger partial charge in [-0.05, 0) is 18.6 Å². The summed E-state index contributed by atoms with van der Waals surface area (Å²) in [6.45, 7) is 3.90. The van der Waals surface area contributed by atoms with Gasteiger partial charge in [-0.15, -0.1) is 0 Å². The number of carbonyl (C=O) groups excluding carboxylic acids is 1. The molecule has 0 heterocycles. The number of para-hydroxylation sites is 2. The number of amides is 1. The topological polar surface area (TPSA) is 38.3 Å². The molecule has 0 unspecified atom stereocenters. The molecule has 15 heavy (non-hydrogen) atoms. The van der Waals surface area contributed by atoms with Crippen LogP contribution in [0.1, 0.15) is 20.3 Å². The molecule has 1 aromatic rings. The van der Waals surface area contributed by atoms with E-state index in [1.807, 2.05) is 38.1 Å². The number of anilines is 1. The molecule has 0 saturated carbocycles. The standard InChI is InChI=1S/C12H17NO2/c1-4-9(2)12(14)13-10-7-5-6-8-11(10)15-3/h5-9H,4H2,1-3H3,(H,13,14)/t9-/m0/s1. The third-order valence-corrected chi connectivity index (χ3v) is 2.42. The fraction of sp³-hybridized carbons (Fsp3) is 0.417. The lowest BCUT2D eigenvalue weighted by molar-refractivity contribution is -0.119. The van der Waals surface area contributed by atoms with Gasteiger partial charge in [-0.1, -0.05) is 26.0 Å². The van der Waals surface area contributed by atoms with Gasteiger partial charge in [0, 0.05) is 5.92 Å². The first kappa shape index (κ1) is 11.6. The molecule has 0 fully saturated rings. The van der Waals surface area contributed by atoms with Crippen LogP contribution in [0.3, 0.4) is 0 Å². The Balaban J connectivity index is 2.76. The molecular formula is C12H17NO2. The molecule has 1 aromatic carbocycles. The quantitative estimate of drug-likeness (QED) is 0.824. The minimum atomic E-state index is 0.0231. The number of carbonyl (C=O) groups is 1. The maximum atomic E-state index is 11.6. The number of hydrogen-bond donors (Lipinski definition) is 1. The van der Waals surface area contributed by atoms with E-state index in [9.17, 15) is 4.79 Å². The molecular weight excluding hydrogens is 190 g/mol. The molecule has 1 rings (SSSR count). The second-order valence-electron chi connectivity index (χ2n) is 3.50. The fourth-order valence-corrected chi connectivity index (χ4v) is 1.19. The number of nitrogens with one attached hydrogen (secondary N) is 1. The van der Waals surface area contributed by atoms with Crippen molar-refractivity contribution in [1.29, 1.82) is 0 Å². The highest BCUT2D eigenvalue weighted by atomic mass is 16.5. The maximum Gasteiger partial charge on any atom is 0.227 e. The van der Waals surface area contributed by atoms with E-state index in [0.717, 1.165) is 12.1 Å². The van der Waals surface area contributed by atoms with Crippen molar-refractivity contribution in [2.45, 2.75) is 20.3 Å². The Bertz CT molecular complexity index is 336. The van der Waals surface area contributed by atoms with Crippen LogP contribution in [0.15, 0.2) is 24.3 Å². The largest absolute Gasteiger partial charge is 0.495 e. The number of rotatable bonds is 4. The Morgan fingerprint density at radius 2 is 2.13 bits per heavy atom. The van der Waals surface area contributed by atoms with Crippen molar-refractivity contribution in [2.24, 2.45) is 5.92 Å². The minimum absolute atomic E-state index is 0.0231. The van der Waals surface area contributed by atoms with E-state index in [0.29, 0.717) is 5.75 Å². The van der Waals surface area contributed by atoms with Crippen molar-refractivity contribution >= 4 is 11.6 Å². The summed E-state index contributed by atoms with van der Waals surface area (Å²) in [6, 6.07) is 7.40. The van der Waals surface area contributed by atoms with Crippen LogP contribution in [0.2, 0.25) is 0 Å². The SMILES string of the molecule is CC[C@H](C)C(=O)Nc1ccccc1OC. The van der Waals surface area contributed by atoms with Gasteiger partial charge in [0.15, 0.2) is 0 Å². The van der Waals surface area contributed by atoms with Gasteiger partial charge in [-0.2, -0.15) is 0 Å². The molecule has 0 radical (unpaired) electrons. The molecule has 1 atom stereocenters. The average molecular weight is 207 g/mol. The van der Waals surface area contributed by atoms with Gasteiger partial charge in [0.1, 0.15) is 5.75 Å². The summed E-state index contributed by atoms with van der Waals surface area (Å²) in [5.74, 6) is 0.742. The fourth-order valence-electron chi connectivity index (χ4n) is 1.19. The zero-order chi connectivity index (χ0) is 11.3. The van der Waals surface area contributed by atoms with E-state index in [2.05, 4.69) is 5.32 Å². The first-order chi connectivity index (χ1) is 7.19. The van der Waals surface area contributed by atoms with Crippen molar-refractivity contribution in [3.63, 3.8) is 0 Å². The van der Waals surface area contributed by atoms with E-state index in [4.69, 9.17) is 4.74 Å². The summed E-state index contributed by atoms with van der Waals surface area (Å²) < 4.78 is 5.14. The summed E-state index contributed by atoms with van der Waals surface area (Å²) in [5.41, 5.74) is 0.727. The molecule has 1 N–H and O–H groups in total. The van der Waals surface area contributed by atoms with E-state index in [1.54, 1.807) is 7.11 Å². The molecule has 1 amide bonds. The Kier molecular flexibility index (Phi) is 4.16. The lowest BCUT2D eigenvalue weighted by Gasteiger charge is -2.12. The minimum Gasteiger partial charge on any atom is -0.495 e. The predicted molar refractivity (Wildman–Crippen MR) is 61.1 cm³/mol. The molecule has 3 heteroatoms. The van der Waals surface area contributed by atoms with E-state index >= 15 is 0 Å². The van der Waals surface area contributed by atoms with Gasteiger partial charge in [0.2, 0.25) is 5.91 Å². The molecule has 82 valence electrons. The molecule has 0 saturated heterocycles. The van der Waals surface area contributed by atoms with Crippen LogP contribution in [-0.2, 0) is 4.79 Å². The Morgan fingerprint density at radius 1 is 1.47 bits per heavy atom. The highest BCUT2D eigenvalue weighted by Gasteiger charge is 2.12. The average Bonchev–Trinajstić information content (AvgIpc) is 2.28. The lowest BCUT2D eigenvalue weighted by Crippen LogP contribution is -2.19. The molecule has 0 aliphatic heterocycles. The summed E-state index contributed by atoms with van der Waals surface area (Å²) >= 11 is 0. The van der Waals surface area contributed by atoms with Gasteiger partial charge in [0.05, 0.1) is 12.8 Å². The summed E-state index contributed by atoms with van der Waals surface area (Å²) in [6.07, 6.45) is 0.834. The van der Waals surface area contributed by atoms with E-state index in [-0.39, 0.29) is 11.8 Å². The zero-order valence-corrected chi connectivity index (χ0v) is 9.41. The predicted octanol–water partition coefficient (Wildman–Crippen LogP) is 2.68. The van der Waals surface area contributed by atoms with Gasteiger partial charge < -0.3 is 10.1 Å². The Hall–Kier alpha value is -1.51.